The second-order valence-electron chi connectivity index (χ2n) is 3.68. The SMILES string of the molecule is CCCOC(CI)OC1C=C(C)CC1. The molecule has 14 heavy (non-hydrogen) atoms. The van der Waals surface area contributed by atoms with Gasteiger partial charge in [-0.3, -0.25) is 0 Å². The van der Waals surface area contributed by atoms with E-state index < -0.39 is 0 Å². The fraction of sp³-hybridized carbons (Fsp3) is 0.818. The minimum atomic E-state index is -0.0253. The Morgan fingerprint density at radius 1 is 1.64 bits per heavy atom. The molecule has 1 aliphatic carbocycles. The van der Waals surface area contributed by atoms with Gasteiger partial charge in [-0.15, -0.1) is 0 Å². The molecule has 82 valence electrons. The van der Waals surface area contributed by atoms with E-state index in [2.05, 4.69) is 42.5 Å². The Bertz CT molecular complexity index is 192. The number of halogens is 1. The van der Waals surface area contributed by atoms with Crippen LogP contribution in [0.15, 0.2) is 11.6 Å². The van der Waals surface area contributed by atoms with E-state index in [0.29, 0.717) is 0 Å². The molecule has 0 N–H and O–H groups in total. The minimum Gasteiger partial charge on any atom is -0.352 e. The van der Waals surface area contributed by atoms with Crippen molar-refractivity contribution in [1.82, 2.24) is 0 Å². The number of ether oxygens (including phenoxy) is 2. The maximum absolute atomic E-state index is 5.83. The highest BCUT2D eigenvalue weighted by Crippen LogP contribution is 2.22. The van der Waals surface area contributed by atoms with Crippen LogP contribution < -0.4 is 0 Å². The Labute approximate surface area is 100 Å². The summed E-state index contributed by atoms with van der Waals surface area (Å²) in [6.45, 7) is 5.07. The average molecular weight is 310 g/mol. The summed E-state index contributed by atoms with van der Waals surface area (Å²) >= 11 is 2.31. The van der Waals surface area contributed by atoms with Crippen molar-refractivity contribution >= 4 is 22.6 Å². The van der Waals surface area contributed by atoms with Gasteiger partial charge in [0.15, 0.2) is 6.29 Å². The molecule has 0 aromatic rings. The van der Waals surface area contributed by atoms with E-state index in [-0.39, 0.29) is 12.4 Å². The third-order valence-corrected chi connectivity index (χ3v) is 2.97. The lowest BCUT2D eigenvalue weighted by Crippen LogP contribution is -2.24. The summed E-state index contributed by atoms with van der Waals surface area (Å²) in [6.07, 6.45) is 5.82. The minimum absolute atomic E-state index is 0.0253. The van der Waals surface area contributed by atoms with Crippen LogP contribution in [0.25, 0.3) is 0 Å². The van der Waals surface area contributed by atoms with Crippen LogP contribution in [-0.4, -0.2) is 23.4 Å². The molecular formula is C11H19IO2. The van der Waals surface area contributed by atoms with Crippen LogP contribution in [-0.2, 0) is 9.47 Å². The van der Waals surface area contributed by atoms with E-state index in [0.717, 1.165) is 23.9 Å². The third kappa shape index (κ3) is 4.28. The zero-order chi connectivity index (χ0) is 10.4. The lowest BCUT2D eigenvalue weighted by Gasteiger charge is -2.19. The Morgan fingerprint density at radius 3 is 2.93 bits per heavy atom. The molecule has 0 saturated carbocycles. The molecule has 3 heteroatoms. The van der Waals surface area contributed by atoms with Gasteiger partial charge in [-0.05, 0) is 26.2 Å². The van der Waals surface area contributed by atoms with Crippen molar-refractivity contribution in [3.63, 3.8) is 0 Å². The molecule has 2 atom stereocenters. The van der Waals surface area contributed by atoms with E-state index >= 15 is 0 Å². The van der Waals surface area contributed by atoms with Gasteiger partial charge in [0.1, 0.15) is 0 Å². The number of rotatable bonds is 6. The Kier molecular flexibility index (Phi) is 6.05. The van der Waals surface area contributed by atoms with Crippen LogP contribution in [0.4, 0.5) is 0 Å². The molecule has 0 amide bonds. The highest BCUT2D eigenvalue weighted by atomic mass is 127. The molecule has 0 aromatic carbocycles. The number of alkyl halides is 1. The molecule has 0 radical (unpaired) electrons. The molecule has 1 aliphatic rings. The lowest BCUT2D eigenvalue weighted by molar-refractivity contribution is -0.143. The van der Waals surface area contributed by atoms with Crippen LogP contribution in [0.1, 0.15) is 33.1 Å². The van der Waals surface area contributed by atoms with Gasteiger partial charge >= 0.3 is 0 Å². The smallest absolute Gasteiger partial charge is 0.167 e. The topological polar surface area (TPSA) is 18.5 Å². The van der Waals surface area contributed by atoms with Gasteiger partial charge in [-0.1, -0.05) is 41.2 Å². The molecule has 2 nitrogen and oxygen atoms in total. The fourth-order valence-corrected chi connectivity index (χ4v) is 1.99. The van der Waals surface area contributed by atoms with Crippen molar-refractivity contribution in [2.24, 2.45) is 0 Å². The molecule has 2 unspecified atom stereocenters. The summed E-state index contributed by atoms with van der Waals surface area (Å²) in [6, 6.07) is 0. The zero-order valence-corrected chi connectivity index (χ0v) is 11.1. The Balaban J connectivity index is 2.26. The van der Waals surface area contributed by atoms with Crippen molar-refractivity contribution in [3.05, 3.63) is 11.6 Å². The van der Waals surface area contributed by atoms with Gasteiger partial charge in [0.2, 0.25) is 0 Å². The van der Waals surface area contributed by atoms with Crippen molar-refractivity contribution in [1.29, 1.82) is 0 Å². The molecule has 0 aromatic heterocycles. The van der Waals surface area contributed by atoms with E-state index in [1.54, 1.807) is 0 Å². The summed E-state index contributed by atoms with van der Waals surface area (Å²) < 4.78 is 12.3. The zero-order valence-electron chi connectivity index (χ0n) is 8.96. The lowest BCUT2D eigenvalue weighted by atomic mass is 10.3. The van der Waals surface area contributed by atoms with Crippen LogP contribution in [0.2, 0.25) is 0 Å². The van der Waals surface area contributed by atoms with E-state index in [4.69, 9.17) is 9.47 Å². The summed E-state index contributed by atoms with van der Waals surface area (Å²) in [5, 5.41) is 0. The second-order valence-corrected chi connectivity index (χ2v) is 4.56. The molecule has 0 aliphatic heterocycles. The maximum Gasteiger partial charge on any atom is 0.167 e. The molecule has 0 spiro atoms. The molecule has 0 fully saturated rings. The largest absolute Gasteiger partial charge is 0.352 e. The first-order valence-corrected chi connectivity index (χ1v) is 6.79. The van der Waals surface area contributed by atoms with Gasteiger partial charge in [0.25, 0.3) is 0 Å². The summed E-state index contributed by atoms with van der Waals surface area (Å²) in [5.41, 5.74) is 1.44. The maximum atomic E-state index is 5.83. The van der Waals surface area contributed by atoms with Gasteiger partial charge in [0.05, 0.1) is 10.5 Å². The molecular weight excluding hydrogens is 291 g/mol. The third-order valence-electron chi connectivity index (χ3n) is 2.25. The van der Waals surface area contributed by atoms with E-state index in [1.807, 2.05) is 0 Å². The quantitative estimate of drug-likeness (QED) is 0.324. The average Bonchev–Trinajstić information content (AvgIpc) is 2.58. The standard InChI is InChI=1S/C11H19IO2/c1-3-6-13-11(8-12)14-10-5-4-9(2)7-10/h7,10-11H,3-6,8H2,1-2H3. The van der Waals surface area contributed by atoms with Gasteiger partial charge in [-0.25, -0.2) is 0 Å². The molecule has 0 bridgehead atoms. The predicted octanol–water partition coefficient (Wildman–Crippen LogP) is 3.30. The molecule has 0 heterocycles. The van der Waals surface area contributed by atoms with Crippen LogP contribution in [0.3, 0.4) is 0 Å². The number of hydrogen-bond donors (Lipinski definition) is 0. The van der Waals surface area contributed by atoms with Crippen LogP contribution in [0, 0.1) is 0 Å². The summed E-state index contributed by atoms with van der Waals surface area (Å²) in [4.78, 5) is 0. The van der Waals surface area contributed by atoms with E-state index in [9.17, 15) is 0 Å². The summed E-state index contributed by atoms with van der Waals surface area (Å²) in [7, 11) is 0. The Morgan fingerprint density at radius 2 is 2.43 bits per heavy atom. The highest BCUT2D eigenvalue weighted by Gasteiger charge is 2.18. The number of hydrogen-bond acceptors (Lipinski definition) is 2. The van der Waals surface area contributed by atoms with Gasteiger partial charge in [0, 0.05) is 6.61 Å². The monoisotopic (exact) mass is 310 g/mol. The predicted molar refractivity (Wildman–Crippen MR) is 66.8 cm³/mol. The van der Waals surface area contributed by atoms with Gasteiger partial charge in [-0.2, -0.15) is 0 Å². The molecule has 1 rings (SSSR count). The first-order valence-electron chi connectivity index (χ1n) is 5.26. The van der Waals surface area contributed by atoms with Crippen molar-refractivity contribution in [2.45, 2.75) is 45.5 Å². The summed E-state index contributed by atoms with van der Waals surface area (Å²) in [5.74, 6) is 0. The second kappa shape index (κ2) is 6.80. The van der Waals surface area contributed by atoms with Crippen LogP contribution in [0.5, 0.6) is 0 Å². The van der Waals surface area contributed by atoms with Gasteiger partial charge < -0.3 is 9.47 Å². The normalized spacial score (nSPS) is 23.6. The molecule has 0 saturated heterocycles. The Hall–Kier alpha value is 0.390. The van der Waals surface area contributed by atoms with Crippen molar-refractivity contribution in [3.8, 4) is 0 Å². The fourth-order valence-electron chi connectivity index (χ4n) is 1.53. The van der Waals surface area contributed by atoms with Crippen molar-refractivity contribution < 1.29 is 9.47 Å². The van der Waals surface area contributed by atoms with Crippen molar-refractivity contribution in [2.75, 3.05) is 11.0 Å². The van der Waals surface area contributed by atoms with E-state index in [1.165, 1.54) is 12.0 Å². The van der Waals surface area contributed by atoms with Crippen LogP contribution >= 0.6 is 22.6 Å². The first-order chi connectivity index (χ1) is 6.76. The highest BCUT2D eigenvalue weighted by molar-refractivity contribution is 14.1. The number of allylic oxidation sites excluding steroid dienone is 1. The first kappa shape index (κ1) is 12.5.